The summed E-state index contributed by atoms with van der Waals surface area (Å²) in [6.45, 7) is 4.62. The number of nitrogens with zero attached hydrogens (tertiary/aromatic N) is 1. The van der Waals surface area contributed by atoms with Crippen LogP contribution in [0.4, 0.5) is 4.79 Å². The predicted octanol–water partition coefficient (Wildman–Crippen LogP) is 0.849. The number of carbonyl (C=O) groups is 2. The average molecular weight is 243 g/mol. The Kier molecular flexibility index (Phi) is 2.99. The first kappa shape index (κ1) is 12.2. The zero-order chi connectivity index (χ0) is 12.6. The van der Waals surface area contributed by atoms with Gasteiger partial charge in [-0.25, -0.2) is 9.59 Å². The summed E-state index contributed by atoms with van der Waals surface area (Å²) in [5.41, 5.74) is -0.539. The molecule has 2 atom stereocenters. The van der Waals surface area contributed by atoms with Gasteiger partial charge in [0.25, 0.3) is 0 Å². The molecule has 0 aromatic carbocycles. The molecule has 0 saturated carbocycles. The number of ether oxygens (including phenoxy) is 2. The van der Waals surface area contributed by atoms with Crippen LogP contribution in [0.2, 0.25) is 0 Å². The van der Waals surface area contributed by atoms with Crippen molar-refractivity contribution < 1.29 is 24.2 Å². The van der Waals surface area contributed by atoms with Crippen LogP contribution in [-0.4, -0.2) is 53.0 Å². The van der Waals surface area contributed by atoms with E-state index in [-0.39, 0.29) is 6.10 Å². The standard InChI is InChI=1S/C11H17NO5/c1-7-8(9(13)17-7)12(10(14)15)11(2)3-5-16-6-4-11/h7-8H,3-6H2,1-2H3,(H,14,15)/t7-,8+/m0/s1. The molecule has 6 heteroatoms. The van der Waals surface area contributed by atoms with Crippen molar-refractivity contribution in [2.75, 3.05) is 13.2 Å². The molecule has 1 N–H and O–H groups in total. The number of cyclic esters (lactones) is 1. The van der Waals surface area contributed by atoms with E-state index in [1.807, 2.05) is 6.92 Å². The van der Waals surface area contributed by atoms with Crippen molar-refractivity contribution >= 4 is 12.1 Å². The van der Waals surface area contributed by atoms with Crippen LogP contribution in [0.1, 0.15) is 26.7 Å². The van der Waals surface area contributed by atoms with Gasteiger partial charge in [-0.15, -0.1) is 0 Å². The summed E-state index contributed by atoms with van der Waals surface area (Å²) in [6.07, 6.45) is -0.216. The van der Waals surface area contributed by atoms with Crippen LogP contribution in [0.25, 0.3) is 0 Å². The lowest BCUT2D eigenvalue weighted by molar-refractivity contribution is -0.191. The van der Waals surface area contributed by atoms with Crippen molar-refractivity contribution in [1.82, 2.24) is 4.90 Å². The van der Waals surface area contributed by atoms with Gasteiger partial charge in [0, 0.05) is 18.8 Å². The number of rotatable bonds is 2. The maximum Gasteiger partial charge on any atom is 0.408 e. The molecule has 2 fully saturated rings. The number of carboxylic acid groups (broad SMARTS) is 1. The summed E-state index contributed by atoms with van der Waals surface area (Å²) in [5, 5.41) is 9.34. The van der Waals surface area contributed by atoms with E-state index in [2.05, 4.69) is 0 Å². The Morgan fingerprint density at radius 3 is 2.47 bits per heavy atom. The Labute approximate surface area is 99.5 Å². The van der Waals surface area contributed by atoms with Gasteiger partial charge in [0.1, 0.15) is 6.10 Å². The Bertz CT molecular complexity index is 337. The third-order valence-electron chi connectivity index (χ3n) is 3.62. The van der Waals surface area contributed by atoms with Crippen LogP contribution in [0.3, 0.4) is 0 Å². The first-order valence-corrected chi connectivity index (χ1v) is 5.76. The van der Waals surface area contributed by atoms with Gasteiger partial charge in [-0.2, -0.15) is 0 Å². The lowest BCUT2D eigenvalue weighted by Crippen LogP contribution is -2.67. The van der Waals surface area contributed by atoms with Gasteiger partial charge in [-0.05, 0) is 26.7 Å². The zero-order valence-electron chi connectivity index (χ0n) is 10.0. The average Bonchev–Trinajstić information content (AvgIpc) is 2.26. The smallest absolute Gasteiger partial charge is 0.408 e. The highest BCUT2D eigenvalue weighted by Crippen LogP contribution is 2.34. The van der Waals surface area contributed by atoms with Gasteiger partial charge < -0.3 is 14.6 Å². The van der Waals surface area contributed by atoms with Crippen molar-refractivity contribution in [2.45, 2.75) is 44.4 Å². The molecular formula is C11H17NO5. The van der Waals surface area contributed by atoms with Crippen molar-refractivity contribution in [2.24, 2.45) is 0 Å². The lowest BCUT2D eigenvalue weighted by Gasteiger charge is -2.49. The molecule has 0 aliphatic carbocycles. The minimum atomic E-state index is -1.07. The lowest BCUT2D eigenvalue weighted by atomic mass is 9.87. The monoisotopic (exact) mass is 243 g/mol. The van der Waals surface area contributed by atoms with E-state index in [0.29, 0.717) is 26.1 Å². The number of hydrogen-bond acceptors (Lipinski definition) is 4. The molecule has 2 saturated heterocycles. The van der Waals surface area contributed by atoms with Crippen molar-refractivity contribution in [3.05, 3.63) is 0 Å². The SMILES string of the molecule is C[C@@H]1OC(=O)[C@@H]1N(C(=O)O)C1(C)CCOCC1. The number of carbonyl (C=O) groups excluding carboxylic acids is 1. The molecule has 96 valence electrons. The summed E-state index contributed by atoms with van der Waals surface area (Å²) in [5.74, 6) is -0.451. The predicted molar refractivity (Wildman–Crippen MR) is 57.7 cm³/mol. The fourth-order valence-corrected chi connectivity index (χ4v) is 2.49. The maximum atomic E-state index is 11.4. The van der Waals surface area contributed by atoms with Gasteiger partial charge in [0.05, 0.1) is 0 Å². The second-order valence-electron chi connectivity index (χ2n) is 4.85. The van der Waals surface area contributed by atoms with Crippen LogP contribution >= 0.6 is 0 Å². The fraction of sp³-hybridized carbons (Fsp3) is 0.818. The van der Waals surface area contributed by atoms with Crippen molar-refractivity contribution in [1.29, 1.82) is 0 Å². The van der Waals surface area contributed by atoms with Gasteiger partial charge in [0.15, 0.2) is 6.04 Å². The van der Waals surface area contributed by atoms with Gasteiger partial charge in [0.2, 0.25) is 0 Å². The summed E-state index contributed by atoms with van der Waals surface area (Å²) in [6, 6.07) is -0.671. The van der Waals surface area contributed by atoms with E-state index in [0.717, 1.165) is 0 Å². The quantitative estimate of drug-likeness (QED) is 0.727. The summed E-state index contributed by atoms with van der Waals surface area (Å²) >= 11 is 0. The topological polar surface area (TPSA) is 76.1 Å². The molecule has 0 aromatic heterocycles. The molecule has 0 spiro atoms. The third kappa shape index (κ3) is 1.97. The third-order valence-corrected chi connectivity index (χ3v) is 3.62. The van der Waals surface area contributed by atoms with E-state index < -0.39 is 23.6 Å². The molecule has 2 rings (SSSR count). The normalized spacial score (nSPS) is 31.3. The Balaban J connectivity index is 2.22. The number of esters is 1. The second kappa shape index (κ2) is 4.18. The van der Waals surface area contributed by atoms with Crippen LogP contribution in [0, 0.1) is 0 Å². The summed E-state index contributed by atoms with van der Waals surface area (Å²) in [4.78, 5) is 24.1. The Morgan fingerprint density at radius 2 is 2.06 bits per heavy atom. The molecule has 2 aliphatic heterocycles. The molecule has 0 bridgehead atoms. The maximum absolute atomic E-state index is 11.4. The van der Waals surface area contributed by atoms with E-state index in [1.165, 1.54) is 4.90 Å². The molecule has 0 radical (unpaired) electrons. The minimum Gasteiger partial charge on any atom is -0.465 e. The molecule has 17 heavy (non-hydrogen) atoms. The highest BCUT2D eigenvalue weighted by molar-refractivity contribution is 5.86. The highest BCUT2D eigenvalue weighted by atomic mass is 16.6. The van der Waals surface area contributed by atoms with Crippen LogP contribution in [0.15, 0.2) is 0 Å². The molecule has 0 unspecified atom stereocenters. The molecule has 2 aliphatic rings. The van der Waals surface area contributed by atoms with Gasteiger partial charge in [-0.1, -0.05) is 0 Å². The Morgan fingerprint density at radius 1 is 1.47 bits per heavy atom. The summed E-state index contributed by atoms with van der Waals surface area (Å²) < 4.78 is 10.1. The second-order valence-corrected chi connectivity index (χ2v) is 4.85. The molecule has 2 heterocycles. The zero-order valence-corrected chi connectivity index (χ0v) is 10.0. The molecule has 0 aromatic rings. The Hall–Kier alpha value is -1.30. The highest BCUT2D eigenvalue weighted by Gasteiger charge is 2.52. The van der Waals surface area contributed by atoms with E-state index in [9.17, 15) is 14.7 Å². The molecular weight excluding hydrogens is 226 g/mol. The first-order valence-electron chi connectivity index (χ1n) is 5.76. The first-order chi connectivity index (χ1) is 7.96. The fourth-order valence-electron chi connectivity index (χ4n) is 2.49. The van der Waals surface area contributed by atoms with Crippen LogP contribution in [-0.2, 0) is 14.3 Å². The summed E-state index contributed by atoms with van der Waals surface area (Å²) in [7, 11) is 0. The molecule has 6 nitrogen and oxygen atoms in total. The van der Waals surface area contributed by atoms with Gasteiger partial charge >= 0.3 is 12.1 Å². The van der Waals surface area contributed by atoms with E-state index >= 15 is 0 Å². The van der Waals surface area contributed by atoms with Gasteiger partial charge in [-0.3, -0.25) is 4.90 Å². The van der Waals surface area contributed by atoms with E-state index in [1.54, 1.807) is 6.92 Å². The number of hydrogen-bond donors (Lipinski definition) is 1. The minimum absolute atomic E-state index is 0.363. The van der Waals surface area contributed by atoms with E-state index in [4.69, 9.17) is 9.47 Å². The van der Waals surface area contributed by atoms with Crippen molar-refractivity contribution in [3.8, 4) is 0 Å². The van der Waals surface area contributed by atoms with Crippen LogP contribution in [0.5, 0.6) is 0 Å². The van der Waals surface area contributed by atoms with Crippen molar-refractivity contribution in [3.63, 3.8) is 0 Å². The molecule has 1 amide bonds. The largest absolute Gasteiger partial charge is 0.465 e. The van der Waals surface area contributed by atoms with Crippen LogP contribution < -0.4 is 0 Å². The number of amides is 1.